The van der Waals surface area contributed by atoms with Gasteiger partial charge in [-0.15, -0.1) is 0 Å². The van der Waals surface area contributed by atoms with Crippen LogP contribution >= 0.6 is 0 Å². The number of ether oxygens (including phenoxy) is 1. The quantitative estimate of drug-likeness (QED) is 0.858. The van der Waals surface area contributed by atoms with Gasteiger partial charge in [0.2, 0.25) is 0 Å². The van der Waals surface area contributed by atoms with Crippen molar-refractivity contribution in [1.29, 1.82) is 0 Å². The Morgan fingerprint density at radius 3 is 2.58 bits per heavy atom. The van der Waals surface area contributed by atoms with Crippen LogP contribution in [0.3, 0.4) is 0 Å². The van der Waals surface area contributed by atoms with Crippen LogP contribution < -0.4 is 5.32 Å². The van der Waals surface area contributed by atoms with Crippen LogP contribution in [0.1, 0.15) is 23.2 Å². The molecule has 0 radical (unpaired) electrons. The predicted molar refractivity (Wildman–Crippen MR) is 62.2 cm³/mol. The van der Waals surface area contributed by atoms with Crippen molar-refractivity contribution < 1.29 is 22.7 Å². The highest BCUT2D eigenvalue weighted by molar-refractivity contribution is 5.94. The van der Waals surface area contributed by atoms with E-state index in [9.17, 15) is 18.0 Å². The molecule has 1 aliphatic rings. The number of amides is 1. The zero-order chi connectivity index (χ0) is 13.8. The SMILES string of the molecule is O=C(NCC1CCCOC1)c1cc(F)c(F)c(F)c1. The summed E-state index contributed by atoms with van der Waals surface area (Å²) in [5.74, 6) is -4.73. The molecule has 1 aromatic rings. The molecule has 1 atom stereocenters. The van der Waals surface area contributed by atoms with Crippen molar-refractivity contribution >= 4 is 5.91 Å². The highest BCUT2D eigenvalue weighted by Gasteiger charge is 2.18. The number of rotatable bonds is 3. The first-order valence-electron chi connectivity index (χ1n) is 6.08. The summed E-state index contributed by atoms with van der Waals surface area (Å²) in [6.45, 7) is 1.66. The monoisotopic (exact) mass is 273 g/mol. The van der Waals surface area contributed by atoms with Crippen LogP contribution in [0.2, 0.25) is 0 Å². The Bertz CT molecular complexity index is 450. The maximum atomic E-state index is 13.0. The number of benzene rings is 1. The van der Waals surface area contributed by atoms with E-state index in [0.29, 0.717) is 25.3 Å². The fourth-order valence-electron chi connectivity index (χ4n) is 1.99. The largest absolute Gasteiger partial charge is 0.381 e. The second-order valence-electron chi connectivity index (χ2n) is 4.55. The minimum Gasteiger partial charge on any atom is -0.381 e. The van der Waals surface area contributed by atoms with Crippen molar-refractivity contribution in [2.45, 2.75) is 12.8 Å². The van der Waals surface area contributed by atoms with Gasteiger partial charge in [0.15, 0.2) is 17.5 Å². The lowest BCUT2D eigenvalue weighted by molar-refractivity contribution is 0.0536. The fraction of sp³-hybridized carbons (Fsp3) is 0.462. The Labute approximate surface area is 108 Å². The normalized spacial score (nSPS) is 19.2. The third kappa shape index (κ3) is 3.47. The number of hydrogen-bond donors (Lipinski definition) is 1. The standard InChI is InChI=1S/C13H14F3NO2/c14-10-4-9(5-11(15)12(10)16)13(18)17-6-8-2-1-3-19-7-8/h4-5,8H,1-3,6-7H2,(H,17,18). The number of carbonyl (C=O) groups excluding carboxylic acids is 1. The first-order chi connectivity index (χ1) is 9.08. The molecule has 1 saturated heterocycles. The van der Waals surface area contributed by atoms with Gasteiger partial charge in [-0.2, -0.15) is 0 Å². The maximum Gasteiger partial charge on any atom is 0.251 e. The zero-order valence-electron chi connectivity index (χ0n) is 10.2. The zero-order valence-corrected chi connectivity index (χ0v) is 10.2. The van der Waals surface area contributed by atoms with E-state index in [-0.39, 0.29) is 11.5 Å². The van der Waals surface area contributed by atoms with E-state index < -0.39 is 23.4 Å². The van der Waals surface area contributed by atoms with Gasteiger partial charge < -0.3 is 10.1 Å². The molecule has 1 N–H and O–H groups in total. The van der Waals surface area contributed by atoms with Gasteiger partial charge in [0.25, 0.3) is 5.91 Å². The average Bonchev–Trinajstić information content (AvgIpc) is 2.42. The number of hydrogen-bond acceptors (Lipinski definition) is 2. The minimum atomic E-state index is -1.57. The molecule has 0 aliphatic carbocycles. The van der Waals surface area contributed by atoms with Crippen LogP contribution in [0.5, 0.6) is 0 Å². The molecule has 3 nitrogen and oxygen atoms in total. The minimum absolute atomic E-state index is 0.202. The molecule has 1 fully saturated rings. The smallest absolute Gasteiger partial charge is 0.251 e. The summed E-state index contributed by atoms with van der Waals surface area (Å²) in [4.78, 5) is 11.7. The summed E-state index contributed by atoms with van der Waals surface area (Å²) < 4.78 is 44.0. The summed E-state index contributed by atoms with van der Waals surface area (Å²) in [7, 11) is 0. The van der Waals surface area contributed by atoms with Gasteiger partial charge in [-0.05, 0) is 30.9 Å². The molecule has 1 aliphatic heterocycles. The maximum absolute atomic E-state index is 13.0. The first kappa shape index (κ1) is 13.9. The molecule has 1 unspecified atom stereocenters. The van der Waals surface area contributed by atoms with E-state index in [2.05, 4.69) is 5.32 Å². The van der Waals surface area contributed by atoms with E-state index in [4.69, 9.17) is 4.74 Å². The van der Waals surface area contributed by atoms with Crippen molar-refractivity contribution in [2.75, 3.05) is 19.8 Å². The third-order valence-electron chi connectivity index (χ3n) is 3.05. The topological polar surface area (TPSA) is 38.3 Å². The molecule has 1 heterocycles. The van der Waals surface area contributed by atoms with Crippen LogP contribution in [-0.4, -0.2) is 25.7 Å². The van der Waals surface area contributed by atoms with Gasteiger partial charge in [-0.25, -0.2) is 13.2 Å². The first-order valence-corrected chi connectivity index (χ1v) is 6.08. The van der Waals surface area contributed by atoms with Crippen LogP contribution in [0.25, 0.3) is 0 Å². The van der Waals surface area contributed by atoms with E-state index in [1.165, 1.54) is 0 Å². The molecule has 0 saturated carbocycles. The molecule has 0 aromatic heterocycles. The molecule has 104 valence electrons. The molecule has 6 heteroatoms. The van der Waals surface area contributed by atoms with Gasteiger partial charge in [0, 0.05) is 18.7 Å². The van der Waals surface area contributed by atoms with Gasteiger partial charge in [-0.3, -0.25) is 4.79 Å². The Kier molecular flexibility index (Phi) is 4.42. The lowest BCUT2D eigenvalue weighted by Crippen LogP contribution is -2.33. The van der Waals surface area contributed by atoms with Crippen molar-refractivity contribution in [3.05, 3.63) is 35.1 Å². The summed E-state index contributed by atoms with van der Waals surface area (Å²) >= 11 is 0. The molecular formula is C13H14F3NO2. The fourth-order valence-corrected chi connectivity index (χ4v) is 1.99. The van der Waals surface area contributed by atoms with Gasteiger partial charge in [0.1, 0.15) is 0 Å². The van der Waals surface area contributed by atoms with Crippen molar-refractivity contribution in [3.8, 4) is 0 Å². The van der Waals surface area contributed by atoms with Crippen molar-refractivity contribution in [3.63, 3.8) is 0 Å². The molecule has 1 aromatic carbocycles. The summed E-state index contributed by atoms with van der Waals surface area (Å²) in [6.07, 6.45) is 1.87. The van der Waals surface area contributed by atoms with Crippen LogP contribution in [0.4, 0.5) is 13.2 Å². The Morgan fingerprint density at radius 2 is 2.00 bits per heavy atom. The molecule has 0 bridgehead atoms. The Morgan fingerprint density at radius 1 is 1.32 bits per heavy atom. The predicted octanol–water partition coefficient (Wildman–Crippen LogP) is 2.26. The van der Waals surface area contributed by atoms with Gasteiger partial charge in [0.05, 0.1) is 6.61 Å². The van der Waals surface area contributed by atoms with Crippen molar-refractivity contribution in [2.24, 2.45) is 5.92 Å². The highest BCUT2D eigenvalue weighted by atomic mass is 19.2. The van der Waals surface area contributed by atoms with Gasteiger partial charge >= 0.3 is 0 Å². The van der Waals surface area contributed by atoms with E-state index in [1.807, 2.05) is 0 Å². The van der Waals surface area contributed by atoms with Crippen LogP contribution in [0.15, 0.2) is 12.1 Å². The van der Waals surface area contributed by atoms with E-state index >= 15 is 0 Å². The molecular weight excluding hydrogens is 259 g/mol. The molecule has 19 heavy (non-hydrogen) atoms. The number of halogens is 3. The second-order valence-corrected chi connectivity index (χ2v) is 4.55. The van der Waals surface area contributed by atoms with Crippen LogP contribution in [0, 0.1) is 23.4 Å². The molecule has 0 spiro atoms. The lowest BCUT2D eigenvalue weighted by atomic mass is 10.0. The van der Waals surface area contributed by atoms with Crippen molar-refractivity contribution in [1.82, 2.24) is 5.32 Å². The van der Waals surface area contributed by atoms with Gasteiger partial charge in [-0.1, -0.05) is 0 Å². The highest BCUT2D eigenvalue weighted by Crippen LogP contribution is 2.15. The van der Waals surface area contributed by atoms with E-state index in [1.54, 1.807) is 0 Å². The van der Waals surface area contributed by atoms with E-state index in [0.717, 1.165) is 19.4 Å². The summed E-state index contributed by atoms with van der Waals surface area (Å²) in [5, 5.41) is 2.57. The average molecular weight is 273 g/mol. The third-order valence-corrected chi connectivity index (χ3v) is 3.05. The summed E-state index contributed by atoms with van der Waals surface area (Å²) in [5.41, 5.74) is -0.229. The molecule has 1 amide bonds. The molecule has 2 rings (SSSR count). The van der Waals surface area contributed by atoms with Crippen LogP contribution in [-0.2, 0) is 4.74 Å². The summed E-state index contributed by atoms with van der Waals surface area (Å²) in [6, 6.07) is 1.37. The Balaban J connectivity index is 1.96. The number of nitrogens with one attached hydrogen (secondary N) is 1. The lowest BCUT2D eigenvalue weighted by Gasteiger charge is -2.22. The Hall–Kier alpha value is -1.56. The second kappa shape index (κ2) is 6.06. The number of carbonyl (C=O) groups is 1.